The Labute approximate surface area is 113 Å². The first-order valence-electron chi connectivity index (χ1n) is 6.84. The van der Waals surface area contributed by atoms with Crippen molar-refractivity contribution in [2.24, 2.45) is 5.92 Å². The van der Waals surface area contributed by atoms with Crippen molar-refractivity contribution >= 4 is 5.91 Å². The van der Waals surface area contributed by atoms with Crippen LogP contribution in [0, 0.1) is 19.8 Å². The summed E-state index contributed by atoms with van der Waals surface area (Å²) in [7, 11) is 0. The second kappa shape index (κ2) is 5.33. The Morgan fingerprint density at radius 2 is 2.11 bits per heavy atom. The highest BCUT2D eigenvalue weighted by atomic mass is 16.4. The van der Waals surface area contributed by atoms with Crippen LogP contribution in [0.2, 0.25) is 0 Å². The fraction of sp³-hybridized carbons (Fsp3) is 0.714. The van der Waals surface area contributed by atoms with Crippen molar-refractivity contribution < 1.29 is 14.3 Å². The number of aliphatic hydroxyl groups is 1. The summed E-state index contributed by atoms with van der Waals surface area (Å²) in [6, 6.07) is 0. The summed E-state index contributed by atoms with van der Waals surface area (Å²) in [5.74, 6) is 1.08. The van der Waals surface area contributed by atoms with Gasteiger partial charge in [-0.1, -0.05) is 6.92 Å². The van der Waals surface area contributed by atoms with Gasteiger partial charge >= 0.3 is 0 Å². The summed E-state index contributed by atoms with van der Waals surface area (Å²) < 4.78 is 5.26. The summed E-state index contributed by atoms with van der Waals surface area (Å²) in [4.78, 5) is 16.0. The van der Waals surface area contributed by atoms with E-state index in [0.29, 0.717) is 17.5 Å². The fourth-order valence-corrected chi connectivity index (χ4v) is 2.54. The Bertz CT molecular complexity index is 459. The van der Waals surface area contributed by atoms with Crippen LogP contribution in [-0.4, -0.2) is 28.1 Å². The van der Waals surface area contributed by atoms with Crippen molar-refractivity contribution in [2.75, 3.05) is 6.54 Å². The molecular weight excluding hydrogens is 244 g/mol. The summed E-state index contributed by atoms with van der Waals surface area (Å²) in [5, 5.41) is 13.2. The molecule has 19 heavy (non-hydrogen) atoms. The molecule has 1 aromatic rings. The molecule has 5 heteroatoms. The van der Waals surface area contributed by atoms with Gasteiger partial charge in [-0.2, -0.15) is 0 Å². The van der Waals surface area contributed by atoms with Gasteiger partial charge in [0, 0.05) is 13.5 Å². The number of aromatic nitrogens is 1. The van der Waals surface area contributed by atoms with Gasteiger partial charge in [0.25, 0.3) is 5.91 Å². The Morgan fingerprint density at radius 3 is 2.63 bits per heavy atom. The number of nitrogens with zero attached hydrogens (tertiary/aromatic N) is 1. The number of aryl methyl sites for hydroxylation is 2. The highest BCUT2D eigenvalue weighted by Gasteiger charge is 2.32. The fourth-order valence-electron chi connectivity index (χ4n) is 2.54. The monoisotopic (exact) mass is 266 g/mol. The van der Waals surface area contributed by atoms with Crippen LogP contribution < -0.4 is 5.32 Å². The molecule has 0 saturated heterocycles. The maximum Gasteiger partial charge on any atom is 0.289 e. The molecule has 1 aliphatic carbocycles. The highest BCUT2D eigenvalue weighted by molar-refractivity contribution is 5.92. The van der Waals surface area contributed by atoms with Crippen LogP contribution in [0.5, 0.6) is 0 Å². The molecule has 1 aliphatic rings. The maximum atomic E-state index is 12.0. The van der Waals surface area contributed by atoms with E-state index in [2.05, 4.69) is 17.2 Å². The van der Waals surface area contributed by atoms with E-state index < -0.39 is 5.60 Å². The van der Waals surface area contributed by atoms with Gasteiger partial charge in [0.2, 0.25) is 5.76 Å². The largest absolute Gasteiger partial charge is 0.436 e. The molecule has 1 saturated carbocycles. The van der Waals surface area contributed by atoms with Crippen molar-refractivity contribution in [3.8, 4) is 0 Å². The zero-order valence-electron chi connectivity index (χ0n) is 11.8. The van der Waals surface area contributed by atoms with Crippen molar-refractivity contribution in [1.82, 2.24) is 10.3 Å². The first-order chi connectivity index (χ1) is 8.89. The summed E-state index contributed by atoms with van der Waals surface area (Å²) in [6.45, 7) is 5.92. The standard InChI is InChI=1S/C14H22N2O3/c1-9-4-6-14(18,7-5-9)8-15-13(17)12-10(2)16-11(3)19-12/h9,18H,4-8H2,1-3H3,(H,15,17). The SMILES string of the molecule is Cc1nc(C)c(C(=O)NCC2(O)CCC(C)CC2)o1. The summed E-state index contributed by atoms with van der Waals surface area (Å²) in [5.41, 5.74) is -0.190. The van der Waals surface area contributed by atoms with E-state index in [9.17, 15) is 9.90 Å². The smallest absolute Gasteiger partial charge is 0.289 e. The highest BCUT2D eigenvalue weighted by Crippen LogP contribution is 2.31. The normalized spacial score (nSPS) is 27.3. The van der Waals surface area contributed by atoms with Gasteiger partial charge in [-0.15, -0.1) is 0 Å². The zero-order valence-corrected chi connectivity index (χ0v) is 11.8. The molecule has 106 valence electrons. The number of hydrogen-bond donors (Lipinski definition) is 2. The van der Waals surface area contributed by atoms with E-state index in [1.54, 1.807) is 13.8 Å². The van der Waals surface area contributed by atoms with Gasteiger partial charge in [0.1, 0.15) is 0 Å². The van der Waals surface area contributed by atoms with Crippen molar-refractivity contribution in [1.29, 1.82) is 0 Å². The average Bonchev–Trinajstić information content (AvgIpc) is 2.70. The molecular formula is C14H22N2O3. The van der Waals surface area contributed by atoms with Crippen LogP contribution in [-0.2, 0) is 0 Å². The summed E-state index contributed by atoms with van der Waals surface area (Å²) in [6.07, 6.45) is 3.49. The number of carbonyl (C=O) groups is 1. The van der Waals surface area contributed by atoms with Crippen LogP contribution in [0.25, 0.3) is 0 Å². The number of nitrogens with one attached hydrogen (secondary N) is 1. The quantitative estimate of drug-likeness (QED) is 0.877. The van der Waals surface area contributed by atoms with Crippen LogP contribution >= 0.6 is 0 Å². The number of carbonyl (C=O) groups excluding carboxylic acids is 1. The molecule has 0 atom stereocenters. The lowest BCUT2D eigenvalue weighted by Gasteiger charge is -2.34. The molecule has 1 heterocycles. The van der Waals surface area contributed by atoms with E-state index in [1.807, 2.05) is 0 Å². The molecule has 5 nitrogen and oxygen atoms in total. The molecule has 2 rings (SSSR count). The molecule has 1 fully saturated rings. The first-order valence-corrected chi connectivity index (χ1v) is 6.84. The maximum absolute atomic E-state index is 12.0. The van der Waals surface area contributed by atoms with Crippen molar-refractivity contribution in [3.63, 3.8) is 0 Å². The van der Waals surface area contributed by atoms with Gasteiger partial charge in [-0.05, 0) is 38.5 Å². The van der Waals surface area contributed by atoms with Crippen LogP contribution in [0.15, 0.2) is 4.42 Å². The lowest BCUT2D eigenvalue weighted by molar-refractivity contribution is -0.00559. The van der Waals surface area contributed by atoms with E-state index in [4.69, 9.17) is 4.42 Å². The van der Waals surface area contributed by atoms with Gasteiger partial charge in [-0.3, -0.25) is 4.79 Å². The molecule has 0 radical (unpaired) electrons. The lowest BCUT2D eigenvalue weighted by atomic mass is 9.79. The number of hydrogen-bond acceptors (Lipinski definition) is 4. The Kier molecular flexibility index (Phi) is 3.94. The van der Waals surface area contributed by atoms with Crippen LogP contribution in [0.4, 0.5) is 0 Å². The molecule has 0 bridgehead atoms. The predicted octanol–water partition coefficient (Wildman–Crippen LogP) is 1.96. The minimum atomic E-state index is -0.773. The number of oxazole rings is 1. The molecule has 0 unspecified atom stereocenters. The zero-order chi connectivity index (χ0) is 14.0. The Hall–Kier alpha value is -1.36. The topological polar surface area (TPSA) is 75.4 Å². The molecule has 1 aromatic heterocycles. The predicted molar refractivity (Wildman–Crippen MR) is 70.9 cm³/mol. The van der Waals surface area contributed by atoms with Gasteiger partial charge < -0.3 is 14.8 Å². The molecule has 0 aromatic carbocycles. The van der Waals surface area contributed by atoms with Crippen LogP contribution in [0.1, 0.15) is 54.7 Å². The minimum Gasteiger partial charge on any atom is -0.436 e. The van der Waals surface area contributed by atoms with Crippen molar-refractivity contribution in [3.05, 3.63) is 17.3 Å². The molecule has 0 aliphatic heterocycles. The Balaban J connectivity index is 1.92. The lowest BCUT2D eigenvalue weighted by Crippen LogP contribution is -2.45. The number of rotatable bonds is 3. The average molecular weight is 266 g/mol. The Morgan fingerprint density at radius 1 is 1.47 bits per heavy atom. The summed E-state index contributed by atoms with van der Waals surface area (Å²) >= 11 is 0. The first kappa shape index (κ1) is 14.1. The third-order valence-corrected chi connectivity index (χ3v) is 3.89. The van der Waals surface area contributed by atoms with Gasteiger partial charge in [-0.25, -0.2) is 4.98 Å². The van der Waals surface area contributed by atoms with E-state index >= 15 is 0 Å². The van der Waals surface area contributed by atoms with E-state index in [0.717, 1.165) is 25.7 Å². The second-order valence-electron chi connectivity index (χ2n) is 5.74. The third kappa shape index (κ3) is 3.35. The third-order valence-electron chi connectivity index (χ3n) is 3.89. The minimum absolute atomic E-state index is 0.241. The number of amides is 1. The van der Waals surface area contributed by atoms with E-state index in [1.165, 1.54) is 0 Å². The second-order valence-corrected chi connectivity index (χ2v) is 5.74. The molecule has 0 spiro atoms. The van der Waals surface area contributed by atoms with Gasteiger partial charge in [0.05, 0.1) is 11.3 Å². The molecule has 1 amide bonds. The van der Waals surface area contributed by atoms with Crippen molar-refractivity contribution in [2.45, 2.75) is 52.1 Å². The van der Waals surface area contributed by atoms with Gasteiger partial charge in [0.15, 0.2) is 5.89 Å². The molecule has 2 N–H and O–H groups in total. The van der Waals surface area contributed by atoms with Crippen LogP contribution in [0.3, 0.4) is 0 Å². The van der Waals surface area contributed by atoms with E-state index in [-0.39, 0.29) is 18.2 Å².